The van der Waals surface area contributed by atoms with E-state index in [2.05, 4.69) is 0 Å². The number of hydrogen-bond donors (Lipinski definition) is 2. The molecule has 0 bridgehead atoms. The molecule has 1 rings (SSSR count). The largest absolute Gasteiger partial charge is 0.480 e. The fraction of sp³-hybridized carbons (Fsp3) is 0.667. The lowest BCUT2D eigenvalue weighted by atomic mass is 10.2. The number of nitrogens with zero attached hydrogens (tertiary/aromatic N) is 1. The Morgan fingerprint density at radius 1 is 1.38 bits per heavy atom. The third-order valence-corrected chi connectivity index (χ3v) is 3.27. The smallest absolute Gasteiger partial charge is 0.326 e. The van der Waals surface area contributed by atoms with Gasteiger partial charge in [-0.25, -0.2) is 4.79 Å². The summed E-state index contributed by atoms with van der Waals surface area (Å²) in [6, 6.07) is -0.707. The molecule has 0 aromatic rings. The highest BCUT2D eigenvalue weighted by molar-refractivity contribution is 8.00. The number of hydrogen-bond acceptors (Lipinski definition) is 4. The van der Waals surface area contributed by atoms with Gasteiger partial charge in [0.05, 0.1) is 11.5 Å². The van der Waals surface area contributed by atoms with E-state index >= 15 is 0 Å². The van der Waals surface area contributed by atoms with Gasteiger partial charge in [-0.3, -0.25) is 9.59 Å². The number of carboxylic acids is 1. The summed E-state index contributed by atoms with van der Waals surface area (Å²) in [6.07, 6.45) is 1.21. The molecule has 1 fully saturated rings. The van der Waals surface area contributed by atoms with E-state index < -0.39 is 17.9 Å². The van der Waals surface area contributed by atoms with Crippen LogP contribution in [0.3, 0.4) is 0 Å². The van der Waals surface area contributed by atoms with Crippen LogP contribution in [0.4, 0.5) is 0 Å². The van der Waals surface area contributed by atoms with Gasteiger partial charge in [-0.15, -0.1) is 11.8 Å². The van der Waals surface area contributed by atoms with Crippen molar-refractivity contribution < 1.29 is 19.5 Å². The van der Waals surface area contributed by atoms with Gasteiger partial charge in [-0.05, 0) is 12.8 Å². The van der Waals surface area contributed by atoms with Crippen LogP contribution in [-0.4, -0.2) is 51.9 Å². The van der Waals surface area contributed by atoms with Crippen molar-refractivity contribution in [2.24, 2.45) is 5.73 Å². The number of primary amides is 1. The molecule has 6 nitrogen and oxygen atoms in total. The summed E-state index contributed by atoms with van der Waals surface area (Å²) >= 11 is 1.11. The maximum atomic E-state index is 11.6. The summed E-state index contributed by atoms with van der Waals surface area (Å²) in [5.41, 5.74) is 4.93. The van der Waals surface area contributed by atoms with Crippen molar-refractivity contribution >= 4 is 29.5 Å². The lowest BCUT2D eigenvalue weighted by Gasteiger charge is -2.20. The average Bonchev–Trinajstić information content (AvgIpc) is 2.65. The standard InChI is InChI=1S/C9H14N2O4S/c10-7(12)4-16-5-8(13)11-3-1-2-6(11)9(14)15/h6H,1-5H2,(H2,10,12)(H,14,15)/t6-/m0/s1. The second-order valence-corrected chi connectivity index (χ2v) is 4.53. The van der Waals surface area contributed by atoms with E-state index in [-0.39, 0.29) is 17.4 Å². The number of carboxylic acid groups (broad SMARTS) is 1. The first-order chi connectivity index (χ1) is 7.52. The minimum Gasteiger partial charge on any atom is -0.480 e. The maximum absolute atomic E-state index is 11.6. The Morgan fingerprint density at radius 3 is 2.62 bits per heavy atom. The number of likely N-dealkylation sites (tertiary alicyclic amines) is 1. The molecule has 1 aliphatic rings. The summed E-state index contributed by atoms with van der Waals surface area (Å²) in [5.74, 6) is -1.50. The Bertz CT molecular complexity index is 308. The van der Waals surface area contributed by atoms with Crippen LogP contribution in [0.25, 0.3) is 0 Å². The van der Waals surface area contributed by atoms with Gasteiger partial charge < -0.3 is 15.7 Å². The molecule has 0 aromatic heterocycles. The molecular formula is C9H14N2O4S. The number of carbonyl (C=O) groups excluding carboxylic acids is 2. The molecule has 90 valence electrons. The van der Waals surface area contributed by atoms with Gasteiger partial charge >= 0.3 is 5.97 Å². The monoisotopic (exact) mass is 246 g/mol. The van der Waals surface area contributed by atoms with E-state index in [0.29, 0.717) is 19.4 Å². The summed E-state index contributed by atoms with van der Waals surface area (Å²) < 4.78 is 0. The third-order valence-electron chi connectivity index (χ3n) is 2.33. The molecular weight excluding hydrogens is 232 g/mol. The van der Waals surface area contributed by atoms with Crippen molar-refractivity contribution in [2.75, 3.05) is 18.1 Å². The molecule has 0 saturated carbocycles. The Kier molecular flexibility index (Phi) is 4.60. The van der Waals surface area contributed by atoms with E-state index in [0.717, 1.165) is 11.8 Å². The van der Waals surface area contributed by atoms with Crippen molar-refractivity contribution in [3.8, 4) is 0 Å². The van der Waals surface area contributed by atoms with Gasteiger partial charge in [0.15, 0.2) is 0 Å². The van der Waals surface area contributed by atoms with Crippen molar-refractivity contribution in [2.45, 2.75) is 18.9 Å². The summed E-state index contributed by atoms with van der Waals surface area (Å²) in [6.45, 7) is 0.479. The van der Waals surface area contributed by atoms with Crippen LogP contribution in [0.1, 0.15) is 12.8 Å². The normalized spacial score (nSPS) is 19.8. The predicted molar refractivity (Wildman–Crippen MR) is 58.9 cm³/mol. The molecule has 16 heavy (non-hydrogen) atoms. The highest BCUT2D eigenvalue weighted by atomic mass is 32.2. The molecule has 0 aliphatic carbocycles. The molecule has 0 radical (unpaired) electrons. The molecule has 1 saturated heterocycles. The van der Waals surface area contributed by atoms with Crippen molar-refractivity contribution in [3.05, 3.63) is 0 Å². The number of nitrogens with two attached hydrogens (primary N) is 1. The zero-order valence-corrected chi connectivity index (χ0v) is 9.53. The topological polar surface area (TPSA) is 101 Å². The summed E-state index contributed by atoms with van der Waals surface area (Å²) in [5, 5.41) is 8.87. The van der Waals surface area contributed by atoms with Crippen LogP contribution in [0.15, 0.2) is 0 Å². The zero-order valence-electron chi connectivity index (χ0n) is 8.72. The molecule has 0 unspecified atom stereocenters. The fourth-order valence-electron chi connectivity index (χ4n) is 1.64. The van der Waals surface area contributed by atoms with Crippen LogP contribution in [0.2, 0.25) is 0 Å². The molecule has 1 atom stereocenters. The Balaban J connectivity index is 2.41. The Hall–Kier alpha value is -1.24. The Morgan fingerprint density at radius 2 is 2.06 bits per heavy atom. The lowest BCUT2D eigenvalue weighted by molar-refractivity contribution is -0.147. The predicted octanol–water partition coefficient (Wildman–Crippen LogP) is -0.720. The number of amides is 2. The summed E-state index contributed by atoms with van der Waals surface area (Å²) in [7, 11) is 0. The van der Waals surface area contributed by atoms with Crippen LogP contribution >= 0.6 is 11.8 Å². The van der Waals surface area contributed by atoms with E-state index in [1.54, 1.807) is 0 Å². The van der Waals surface area contributed by atoms with E-state index in [1.807, 2.05) is 0 Å². The van der Waals surface area contributed by atoms with Crippen molar-refractivity contribution in [3.63, 3.8) is 0 Å². The molecule has 2 amide bonds. The van der Waals surface area contributed by atoms with Gasteiger partial charge in [0, 0.05) is 6.54 Å². The number of carbonyl (C=O) groups is 3. The second kappa shape index (κ2) is 5.74. The SMILES string of the molecule is NC(=O)CSCC(=O)N1CCC[C@H]1C(=O)O. The van der Waals surface area contributed by atoms with Gasteiger partial charge in [0.2, 0.25) is 11.8 Å². The molecule has 1 aliphatic heterocycles. The minimum absolute atomic E-state index is 0.0807. The highest BCUT2D eigenvalue weighted by Gasteiger charge is 2.33. The van der Waals surface area contributed by atoms with Crippen molar-refractivity contribution in [1.82, 2.24) is 4.90 Å². The zero-order chi connectivity index (χ0) is 12.1. The van der Waals surface area contributed by atoms with Gasteiger partial charge in [0.1, 0.15) is 6.04 Å². The third kappa shape index (κ3) is 3.41. The van der Waals surface area contributed by atoms with Crippen LogP contribution in [0.5, 0.6) is 0 Å². The fourth-order valence-corrected chi connectivity index (χ4v) is 2.29. The number of rotatable bonds is 5. The molecule has 7 heteroatoms. The summed E-state index contributed by atoms with van der Waals surface area (Å²) in [4.78, 5) is 34.3. The van der Waals surface area contributed by atoms with Crippen molar-refractivity contribution in [1.29, 1.82) is 0 Å². The average molecular weight is 246 g/mol. The minimum atomic E-state index is -0.967. The van der Waals surface area contributed by atoms with E-state index in [1.165, 1.54) is 4.90 Å². The number of thioether (sulfide) groups is 1. The first-order valence-electron chi connectivity index (χ1n) is 4.90. The van der Waals surface area contributed by atoms with Gasteiger partial charge in [-0.2, -0.15) is 0 Å². The van der Waals surface area contributed by atoms with Crippen LogP contribution in [0, 0.1) is 0 Å². The van der Waals surface area contributed by atoms with E-state index in [9.17, 15) is 14.4 Å². The maximum Gasteiger partial charge on any atom is 0.326 e. The lowest BCUT2D eigenvalue weighted by Crippen LogP contribution is -2.41. The van der Waals surface area contributed by atoms with Gasteiger partial charge in [0.25, 0.3) is 0 Å². The quantitative estimate of drug-likeness (QED) is 0.666. The molecule has 1 heterocycles. The van der Waals surface area contributed by atoms with E-state index in [4.69, 9.17) is 10.8 Å². The first kappa shape index (κ1) is 12.8. The van der Waals surface area contributed by atoms with Crippen LogP contribution < -0.4 is 5.73 Å². The first-order valence-corrected chi connectivity index (χ1v) is 6.06. The molecule has 0 aromatic carbocycles. The number of aliphatic carboxylic acids is 1. The molecule has 3 N–H and O–H groups in total. The second-order valence-electron chi connectivity index (χ2n) is 3.54. The van der Waals surface area contributed by atoms with Gasteiger partial charge in [-0.1, -0.05) is 0 Å². The Labute approximate surface area is 97.2 Å². The highest BCUT2D eigenvalue weighted by Crippen LogP contribution is 2.18. The molecule has 0 spiro atoms. The van der Waals surface area contributed by atoms with Crippen LogP contribution in [-0.2, 0) is 14.4 Å².